The van der Waals surface area contributed by atoms with Gasteiger partial charge in [-0.05, 0) is 25.7 Å². The number of aromatic nitrogens is 3. The first-order chi connectivity index (χ1) is 7.29. The molecule has 1 rings (SSSR count). The van der Waals surface area contributed by atoms with Gasteiger partial charge < -0.3 is 5.11 Å². The fourth-order valence-electron chi connectivity index (χ4n) is 1.84. The fraction of sp³-hybridized carbons (Fsp3) is 0.833. The van der Waals surface area contributed by atoms with Crippen molar-refractivity contribution in [3.05, 3.63) is 12.2 Å². The summed E-state index contributed by atoms with van der Waals surface area (Å²) in [5.74, 6) is 0.867. The third-order valence-electron chi connectivity index (χ3n) is 2.40. The van der Waals surface area contributed by atoms with Gasteiger partial charge in [0.05, 0.1) is 6.10 Å². The van der Waals surface area contributed by atoms with Crippen molar-refractivity contribution in [3.8, 4) is 0 Å². The number of hydrogen-bond donors (Lipinski definition) is 1. The maximum Gasteiger partial charge on any atom is 0.138 e. The summed E-state index contributed by atoms with van der Waals surface area (Å²) in [5, 5.41) is 14.1. The number of hydrogen-bond acceptors (Lipinski definition) is 3. The van der Waals surface area contributed by atoms with E-state index in [1.54, 1.807) is 6.33 Å². The monoisotopic (exact) mass is 225 g/mol. The molecule has 0 amide bonds. The number of nitrogens with zero attached hydrogens (tertiary/aromatic N) is 3. The molecule has 1 unspecified atom stereocenters. The Morgan fingerprint density at radius 1 is 1.38 bits per heavy atom. The van der Waals surface area contributed by atoms with E-state index in [0.717, 1.165) is 12.2 Å². The van der Waals surface area contributed by atoms with Crippen LogP contribution in [0, 0.1) is 5.41 Å². The van der Waals surface area contributed by atoms with E-state index in [0.29, 0.717) is 12.5 Å². The van der Waals surface area contributed by atoms with Crippen LogP contribution in [-0.2, 0) is 6.42 Å². The van der Waals surface area contributed by atoms with Crippen LogP contribution in [0.15, 0.2) is 6.33 Å². The summed E-state index contributed by atoms with van der Waals surface area (Å²) in [7, 11) is 0. The molecule has 1 aromatic rings. The Bertz CT molecular complexity index is 325. The van der Waals surface area contributed by atoms with Crippen molar-refractivity contribution in [2.75, 3.05) is 0 Å². The molecule has 1 aromatic heterocycles. The van der Waals surface area contributed by atoms with Crippen LogP contribution in [-0.4, -0.2) is 26.0 Å². The summed E-state index contributed by atoms with van der Waals surface area (Å²) in [6.45, 7) is 10.5. The molecule has 0 spiro atoms. The van der Waals surface area contributed by atoms with E-state index in [2.05, 4.69) is 44.7 Å². The maximum absolute atomic E-state index is 9.98. The third kappa shape index (κ3) is 3.93. The van der Waals surface area contributed by atoms with Gasteiger partial charge in [0, 0.05) is 12.5 Å². The quantitative estimate of drug-likeness (QED) is 0.854. The highest BCUT2D eigenvalue weighted by Gasteiger charge is 2.19. The standard InChI is InChI=1S/C12H23N3O/c1-9(2)15-11(13-8-14-15)6-10(16)7-12(3,4)5/h8-10,16H,6-7H2,1-5H3. The summed E-state index contributed by atoms with van der Waals surface area (Å²) >= 11 is 0. The first-order valence-electron chi connectivity index (χ1n) is 5.86. The predicted molar refractivity (Wildman–Crippen MR) is 64.2 cm³/mol. The van der Waals surface area contributed by atoms with Gasteiger partial charge >= 0.3 is 0 Å². The van der Waals surface area contributed by atoms with Crippen LogP contribution in [0.1, 0.15) is 52.9 Å². The first-order valence-corrected chi connectivity index (χ1v) is 5.86. The molecule has 0 fully saturated rings. The van der Waals surface area contributed by atoms with Gasteiger partial charge in [-0.25, -0.2) is 9.67 Å². The molecular weight excluding hydrogens is 202 g/mol. The van der Waals surface area contributed by atoms with Gasteiger partial charge in [-0.15, -0.1) is 0 Å². The van der Waals surface area contributed by atoms with Crippen LogP contribution in [0.4, 0.5) is 0 Å². The van der Waals surface area contributed by atoms with Crippen molar-refractivity contribution in [2.45, 2.75) is 59.6 Å². The number of aliphatic hydroxyl groups is 1. The van der Waals surface area contributed by atoms with E-state index in [-0.39, 0.29) is 11.5 Å². The third-order valence-corrected chi connectivity index (χ3v) is 2.40. The molecule has 1 N–H and O–H groups in total. The molecule has 0 aliphatic carbocycles. The molecule has 4 nitrogen and oxygen atoms in total. The Balaban J connectivity index is 2.63. The maximum atomic E-state index is 9.98. The molecular formula is C12H23N3O. The minimum atomic E-state index is -0.346. The highest BCUT2D eigenvalue weighted by molar-refractivity contribution is 4.90. The van der Waals surface area contributed by atoms with E-state index >= 15 is 0 Å². The molecule has 0 saturated carbocycles. The summed E-state index contributed by atoms with van der Waals surface area (Å²) in [6.07, 6.45) is 2.56. The van der Waals surface area contributed by atoms with Gasteiger partial charge in [-0.2, -0.15) is 5.10 Å². The van der Waals surface area contributed by atoms with Crippen molar-refractivity contribution >= 4 is 0 Å². The van der Waals surface area contributed by atoms with E-state index < -0.39 is 0 Å². The van der Waals surface area contributed by atoms with Crippen molar-refractivity contribution in [1.29, 1.82) is 0 Å². The zero-order valence-electron chi connectivity index (χ0n) is 10.9. The molecule has 92 valence electrons. The highest BCUT2D eigenvalue weighted by atomic mass is 16.3. The summed E-state index contributed by atoms with van der Waals surface area (Å²) in [6, 6.07) is 0.291. The predicted octanol–water partition coefficient (Wildman–Crippen LogP) is 2.20. The van der Waals surface area contributed by atoms with Gasteiger partial charge in [0.2, 0.25) is 0 Å². The number of rotatable bonds is 4. The highest BCUT2D eigenvalue weighted by Crippen LogP contribution is 2.22. The van der Waals surface area contributed by atoms with Crippen molar-refractivity contribution in [3.63, 3.8) is 0 Å². The molecule has 0 aliphatic rings. The lowest BCUT2D eigenvalue weighted by Crippen LogP contribution is -2.22. The van der Waals surface area contributed by atoms with Gasteiger partial charge in [-0.1, -0.05) is 20.8 Å². The Morgan fingerprint density at radius 2 is 2.00 bits per heavy atom. The Kier molecular flexibility index (Phi) is 4.08. The van der Waals surface area contributed by atoms with Crippen LogP contribution in [0.25, 0.3) is 0 Å². The summed E-state index contributed by atoms with van der Waals surface area (Å²) < 4.78 is 1.87. The molecule has 16 heavy (non-hydrogen) atoms. The van der Waals surface area contributed by atoms with E-state index in [1.165, 1.54) is 0 Å². The lowest BCUT2D eigenvalue weighted by Gasteiger charge is -2.22. The second-order valence-electron chi connectivity index (χ2n) is 5.84. The molecule has 1 heterocycles. The van der Waals surface area contributed by atoms with Crippen LogP contribution < -0.4 is 0 Å². The van der Waals surface area contributed by atoms with Crippen LogP contribution in [0.3, 0.4) is 0 Å². The zero-order valence-corrected chi connectivity index (χ0v) is 10.9. The summed E-state index contributed by atoms with van der Waals surface area (Å²) in [5.41, 5.74) is 0.141. The smallest absolute Gasteiger partial charge is 0.138 e. The molecule has 0 radical (unpaired) electrons. The average molecular weight is 225 g/mol. The van der Waals surface area contributed by atoms with E-state index in [4.69, 9.17) is 0 Å². The van der Waals surface area contributed by atoms with Gasteiger partial charge in [-0.3, -0.25) is 0 Å². The minimum Gasteiger partial charge on any atom is -0.393 e. The second-order valence-corrected chi connectivity index (χ2v) is 5.84. The normalized spacial score (nSPS) is 14.4. The van der Waals surface area contributed by atoms with Gasteiger partial charge in [0.1, 0.15) is 12.2 Å². The molecule has 1 atom stereocenters. The SMILES string of the molecule is CC(C)n1ncnc1CC(O)CC(C)(C)C. The van der Waals surface area contributed by atoms with Crippen LogP contribution in [0.5, 0.6) is 0 Å². The fourth-order valence-corrected chi connectivity index (χ4v) is 1.84. The first kappa shape index (κ1) is 13.2. The molecule has 4 heteroatoms. The molecule has 0 aliphatic heterocycles. The minimum absolute atomic E-state index is 0.141. The number of aliphatic hydroxyl groups excluding tert-OH is 1. The van der Waals surface area contributed by atoms with Gasteiger partial charge in [0.25, 0.3) is 0 Å². The van der Waals surface area contributed by atoms with Crippen LogP contribution in [0.2, 0.25) is 0 Å². The van der Waals surface area contributed by atoms with Crippen LogP contribution >= 0.6 is 0 Å². The lowest BCUT2D eigenvalue weighted by molar-refractivity contribution is 0.118. The summed E-state index contributed by atoms with van der Waals surface area (Å²) in [4.78, 5) is 4.20. The van der Waals surface area contributed by atoms with E-state index in [1.807, 2.05) is 4.68 Å². The Hall–Kier alpha value is -0.900. The molecule has 0 bridgehead atoms. The Morgan fingerprint density at radius 3 is 2.50 bits per heavy atom. The zero-order chi connectivity index (χ0) is 12.3. The molecule has 0 aromatic carbocycles. The van der Waals surface area contributed by atoms with Crippen molar-refractivity contribution in [2.24, 2.45) is 5.41 Å². The molecule has 0 saturated heterocycles. The largest absolute Gasteiger partial charge is 0.393 e. The Labute approximate surface area is 97.7 Å². The average Bonchev–Trinajstić information content (AvgIpc) is 2.47. The lowest BCUT2D eigenvalue weighted by atomic mass is 9.88. The van der Waals surface area contributed by atoms with Crippen molar-refractivity contribution in [1.82, 2.24) is 14.8 Å². The van der Waals surface area contributed by atoms with E-state index in [9.17, 15) is 5.11 Å². The topological polar surface area (TPSA) is 50.9 Å². The van der Waals surface area contributed by atoms with Gasteiger partial charge in [0.15, 0.2) is 0 Å². The second kappa shape index (κ2) is 4.95. The van der Waals surface area contributed by atoms with Crippen molar-refractivity contribution < 1.29 is 5.11 Å².